The number of nitrogens with zero attached hydrogens (tertiary/aromatic N) is 2. The molecule has 1 aliphatic heterocycles. The van der Waals surface area contributed by atoms with Crippen LogP contribution < -0.4 is 5.32 Å². The van der Waals surface area contributed by atoms with Gasteiger partial charge in [0.05, 0.1) is 6.54 Å². The molecule has 1 N–H and O–H groups in total. The minimum absolute atomic E-state index is 0.0766. The Balaban J connectivity index is 1.75. The number of carbonyl (C=O) groups excluding carboxylic acids is 1. The lowest BCUT2D eigenvalue weighted by Crippen LogP contribution is -2.39. The Morgan fingerprint density at radius 2 is 2.38 bits per heavy atom. The quantitative estimate of drug-likeness (QED) is 0.875. The van der Waals surface area contributed by atoms with E-state index in [2.05, 4.69) is 10.3 Å². The van der Waals surface area contributed by atoms with E-state index in [9.17, 15) is 9.18 Å². The second kappa shape index (κ2) is 5.36. The lowest BCUT2D eigenvalue weighted by atomic mass is 10.1. The predicted molar refractivity (Wildman–Crippen MR) is 61.3 cm³/mol. The number of likely N-dealkylation sites (tertiary alicyclic amines) is 1. The first-order valence-corrected chi connectivity index (χ1v) is 6.18. The van der Waals surface area contributed by atoms with Crippen molar-refractivity contribution in [2.75, 3.05) is 25.0 Å². The average Bonchev–Trinajstić information content (AvgIpc) is 2.74. The largest absolute Gasteiger partial charge is 0.301 e. The second-order valence-electron chi connectivity index (χ2n) is 3.84. The molecule has 0 saturated carbocycles. The van der Waals surface area contributed by atoms with E-state index >= 15 is 0 Å². The SMILES string of the molecule is O=C(CN1CCC(F)CC1)Nc1nccs1. The Bertz CT molecular complexity index is 336. The number of piperidine rings is 1. The van der Waals surface area contributed by atoms with Gasteiger partial charge in [0.1, 0.15) is 6.17 Å². The molecule has 2 heterocycles. The van der Waals surface area contributed by atoms with Crippen LogP contribution in [0, 0.1) is 0 Å². The summed E-state index contributed by atoms with van der Waals surface area (Å²) in [5, 5.41) is 5.14. The van der Waals surface area contributed by atoms with Crippen molar-refractivity contribution in [2.24, 2.45) is 0 Å². The van der Waals surface area contributed by atoms with Crippen LogP contribution in [0.25, 0.3) is 0 Å². The third kappa shape index (κ3) is 3.24. The van der Waals surface area contributed by atoms with Crippen LogP contribution in [-0.4, -0.2) is 41.6 Å². The Morgan fingerprint density at radius 3 is 3.00 bits per heavy atom. The molecule has 0 aliphatic carbocycles. The highest BCUT2D eigenvalue weighted by atomic mass is 32.1. The first-order valence-electron chi connectivity index (χ1n) is 5.30. The van der Waals surface area contributed by atoms with Crippen LogP contribution in [0.3, 0.4) is 0 Å². The van der Waals surface area contributed by atoms with Crippen LogP contribution in [0.5, 0.6) is 0 Å². The monoisotopic (exact) mass is 243 g/mol. The number of amides is 1. The van der Waals surface area contributed by atoms with Crippen molar-refractivity contribution in [3.8, 4) is 0 Å². The van der Waals surface area contributed by atoms with E-state index in [-0.39, 0.29) is 5.91 Å². The van der Waals surface area contributed by atoms with E-state index in [0.717, 1.165) is 0 Å². The Morgan fingerprint density at radius 1 is 1.62 bits per heavy atom. The topological polar surface area (TPSA) is 45.2 Å². The number of hydrogen-bond donors (Lipinski definition) is 1. The van der Waals surface area contributed by atoms with E-state index in [4.69, 9.17) is 0 Å². The summed E-state index contributed by atoms with van der Waals surface area (Å²) in [5.74, 6) is -0.0766. The molecular weight excluding hydrogens is 229 g/mol. The fourth-order valence-electron chi connectivity index (χ4n) is 1.71. The summed E-state index contributed by atoms with van der Waals surface area (Å²) in [6.07, 6.45) is 2.02. The summed E-state index contributed by atoms with van der Waals surface area (Å²) < 4.78 is 12.9. The number of rotatable bonds is 3. The molecule has 4 nitrogen and oxygen atoms in total. The van der Waals surface area contributed by atoms with Gasteiger partial charge in [-0.15, -0.1) is 11.3 Å². The smallest absolute Gasteiger partial charge is 0.240 e. The minimum Gasteiger partial charge on any atom is -0.301 e. The number of halogens is 1. The lowest BCUT2D eigenvalue weighted by molar-refractivity contribution is -0.117. The number of aromatic nitrogens is 1. The molecule has 88 valence electrons. The van der Waals surface area contributed by atoms with Gasteiger partial charge in [-0.3, -0.25) is 9.69 Å². The van der Waals surface area contributed by atoms with Crippen LogP contribution >= 0.6 is 11.3 Å². The van der Waals surface area contributed by atoms with Gasteiger partial charge >= 0.3 is 0 Å². The number of carbonyl (C=O) groups is 1. The normalized spacial score (nSPS) is 18.6. The van der Waals surface area contributed by atoms with Crippen LogP contribution in [0.1, 0.15) is 12.8 Å². The van der Waals surface area contributed by atoms with Gasteiger partial charge in [0.15, 0.2) is 5.13 Å². The van der Waals surface area contributed by atoms with Crippen molar-refractivity contribution >= 4 is 22.4 Å². The zero-order valence-electron chi connectivity index (χ0n) is 8.86. The van der Waals surface area contributed by atoms with Gasteiger partial charge in [0.2, 0.25) is 5.91 Å². The Kier molecular flexibility index (Phi) is 3.84. The molecule has 0 aromatic carbocycles. The minimum atomic E-state index is -0.696. The first kappa shape index (κ1) is 11.5. The molecule has 0 unspecified atom stereocenters. The highest BCUT2D eigenvalue weighted by Gasteiger charge is 2.20. The zero-order valence-corrected chi connectivity index (χ0v) is 9.67. The fourth-order valence-corrected chi connectivity index (χ4v) is 2.25. The van der Waals surface area contributed by atoms with Crippen molar-refractivity contribution in [1.29, 1.82) is 0 Å². The summed E-state index contributed by atoms with van der Waals surface area (Å²) in [4.78, 5) is 17.5. The molecule has 0 atom stereocenters. The molecule has 1 amide bonds. The molecule has 6 heteroatoms. The lowest BCUT2D eigenvalue weighted by Gasteiger charge is -2.27. The van der Waals surface area contributed by atoms with Crippen LogP contribution in [0.15, 0.2) is 11.6 Å². The van der Waals surface area contributed by atoms with Gasteiger partial charge in [-0.25, -0.2) is 9.37 Å². The zero-order chi connectivity index (χ0) is 11.4. The summed E-state index contributed by atoms with van der Waals surface area (Å²) in [6.45, 7) is 1.64. The molecule has 1 saturated heterocycles. The standard InChI is InChI=1S/C10H14FN3OS/c11-8-1-4-14(5-2-8)7-9(15)13-10-12-3-6-16-10/h3,6,8H,1-2,4-5,7H2,(H,12,13,15). The molecule has 1 aromatic heterocycles. The number of thiazole rings is 1. The third-order valence-corrected chi connectivity index (χ3v) is 3.25. The molecule has 16 heavy (non-hydrogen) atoms. The molecule has 2 rings (SSSR count). The van der Waals surface area contributed by atoms with Gasteiger partial charge in [0, 0.05) is 24.7 Å². The highest BCUT2D eigenvalue weighted by Crippen LogP contribution is 2.14. The van der Waals surface area contributed by atoms with Gasteiger partial charge in [-0.2, -0.15) is 0 Å². The van der Waals surface area contributed by atoms with Crippen molar-refractivity contribution in [1.82, 2.24) is 9.88 Å². The number of alkyl halides is 1. The fraction of sp³-hybridized carbons (Fsp3) is 0.600. The van der Waals surface area contributed by atoms with Crippen molar-refractivity contribution < 1.29 is 9.18 Å². The van der Waals surface area contributed by atoms with Gasteiger partial charge in [-0.1, -0.05) is 0 Å². The van der Waals surface area contributed by atoms with Gasteiger partial charge in [0.25, 0.3) is 0 Å². The third-order valence-electron chi connectivity index (χ3n) is 2.56. The molecule has 0 bridgehead atoms. The molecule has 1 fully saturated rings. The summed E-state index contributed by atoms with van der Waals surface area (Å²) in [5.41, 5.74) is 0. The van der Waals surface area contributed by atoms with Crippen molar-refractivity contribution in [2.45, 2.75) is 19.0 Å². The molecule has 0 spiro atoms. The Hall–Kier alpha value is -1.01. The van der Waals surface area contributed by atoms with Gasteiger partial charge < -0.3 is 5.32 Å². The summed E-state index contributed by atoms with van der Waals surface area (Å²) in [7, 11) is 0. The second-order valence-corrected chi connectivity index (χ2v) is 4.73. The number of anilines is 1. The van der Waals surface area contributed by atoms with Crippen LogP contribution in [-0.2, 0) is 4.79 Å². The maximum absolute atomic E-state index is 12.9. The number of hydrogen-bond acceptors (Lipinski definition) is 4. The maximum Gasteiger partial charge on any atom is 0.240 e. The Labute approximate surface area is 97.5 Å². The molecule has 0 radical (unpaired) electrons. The summed E-state index contributed by atoms with van der Waals surface area (Å²) in [6, 6.07) is 0. The van der Waals surface area contributed by atoms with E-state index in [1.54, 1.807) is 6.20 Å². The first-order chi connectivity index (χ1) is 7.74. The van der Waals surface area contributed by atoms with Crippen LogP contribution in [0.2, 0.25) is 0 Å². The average molecular weight is 243 g/mol. The molecular formula is C10H14FN3OS. The molecule has 1 aromatic rings. The van der Waals surface area contributed by atoms with Gasteiger partial charge in [-0.05, 0) is 12.8 Å². The van der Waals surface area contributed by atoms with Crippen molar-refractivity contribution in [3.63, 3.8) is 0 Å². The van der Waals surface area contributed by atoms with E-state index in [1.165, 1.54) is 11.3 Å². The van der Waals surface area contributed by atoms with Crippen molar-refractivity contribution in [3.05, 3.63) is 11.6 Å². The predicted octanol–water partition coefficient (Wildman–Crippen LogP) is 1.52. The van der Waals surface area contributed by atoms with E-state index in [0.29, 0.717) is 37.6 Å². The molecule has 1 aliphatic rings. The van der Waals surface area contributed by atoms with Crippen LogP contribution in [0.4, 0.5) is 9.52 Å². The number of nitrogens with one attached hydrogen (secondary N) is 1. The van der Waals surface area contributed by atoms with E-state index in [1.807, 2.05) is 10.3 Å². The maximum atomic E-state index is 12.9. The summed E-state index contributed by atoms with van der Waals surface area (Å²) >= 11 is 1.39. The van der Waals surface area contributed by atoms with E-state index < -0.39 is 6.17 Å². The highest BCUT2D eigenvalue weighted by molar-refractivity contribution is 7.13.